The van der Waals surface area contributed by atoms with E-state index >= 15 is 0 Å². The van der Waals surface area contributed by atoms with E-state index < -0.39 is 0 Å². The minimum Gasteiger partial charge on any atom is -0.341 e. The van der Waals surface area contributed by atoms with Gasteiger partial charge in [-0.2, -0.15) is 0 Å². The Hall–Kier alpha value is -0.570. The standard InChI is InChI=1S/C9H16N2O/c12-7-11-6-2-4-9(11)8-3-1-5-10-8/h7-10H,1-6H2. The van der Waals surface area contributed by atoms with Gasteiger partial charge in [0.05, 0.1) is 0 Å². The number of hydrogen-bond donors (Lipinski definition) is 1. The Morgan fingerprint density at radius 3 is 2.92 bits per heavy atom. The molecule has 0 saturated carbocycles. The van der Waals surface area contributed by atoms with E-state index in [4.69, 9.17) is 0 Å². The third kappa shape index (κ3) is 1.33. The molecule has 1 N–H and O–H groups in total. The molecule has 0 bridgehead atoms. The first-order valence-electron chi connectivity index (χ1n) is 4.86. The van der Waals surface area contributed by atoms with Crippen LogP contribution in [0.2, 0.25) is 0 Å². The van der Waals surface area contributed by atoms with Crippen molar-refractivity contribution in [1.82, 2.24) is 10.2 Å². The van der Waals surface area contributed by atoms with E-state index in [1.807, 2.05) is 4.90 Å². The van der Waals surface area contributed by atoms with E-state index in [2.05, 4.69) is 5.32 Å². The zero-order valence-corrected chi connectivity index (χ0v) is 7.33. The molecule has 0 aromatic rings. The molecule has 2 aliphatic rings. The summed E-state index contributed by atoms with van der Waals surface area (Å²) in [5.74, 6) is 0. The van der Waals surface area contributed by atoms with Gasteiger partial charge in [-0.1, -0.05) is 0 Å². The summed E-state index contributed by atoms with van der Waals surface area (Å²) in [4.78, 5) is 12.6. The zero-order chi connectivity index (χ0) is 8.39. The summed E-state index contributed by atoms with van der Waals surface area (Å²) >= 11 is 0. The van der Waals surface area contributed by atoms with Crippen LogP contribution >= 0.6 is 0 Å². The summed E-state index contributed by atoms with van der Waals surface area (Å²) in [7, 11) is 0. The average molecular weight is 168 g/mol. The second-order valence-corrected chi connectivity index (χ2v) is 3.76. The topological polar surface area (TPSA) is 32.3 Å². The van der Waals surface area contributed by atoms with Crippen molar-refractivity contribution >= 4 is 6.41 Å². The highest BCUT2D eigenvalue weighted by atomic mass is 16.1. The van der Waals surface area contributed by atoms with Crippen LogP contribution in [0.15, 0.2) is 0 Å². The highest BCUT2D eigenvalue weighted by Gasteiger charge is 2.31. The summed E-state index contributed by atoms with van der Waals surface area (Å²) in [6.45, 7) is 2.10. The summed E-state index contributed by atoms with van der Waals surface area (Å²) in [6, 6.07) is 1.07. The predicted octanol–water partition coefficient (Wildman–Crippen LogP) is 0.359. The SMILES string of the molecule is O=CN1CCCC1C1CCCN1. The Morgan fingerprint density at radius 1 is 1.33 bits per heavy atom. The number of carbonyl (C=O) groups excluding carboxylic acids is 1. The van der Waals surface area contributed by atoms with Crippen LogP contribution in [0.3, 0.4) is 0 Å². The lowest BCUT2D eigenvalue weighted by molar-refractivity contribution is -0.119. The highest BCUT2D eigenvalue weighted by Crippen LogP contribution is 2.22. The van der Waals surface area contributed by atoms with Crippen LogP contribution in [0.5, 0.6) is 0 Å². The van der Waals surface area contributed by atoms with Gasteiger partial charge in [0, 0.05) is 18.6 Å². The number of hydrogen-bond acceptors (Lipinski definition) is 2. The molecule has 12 heavy (non-hydrogen) atoms. The molecular weight excluding hydrogens is 152 g/mol. The maximum absolute atomic E-state index is 10.7. The van der Waals surface area contributed by atoms with Crippen LogP contribution < -0.4 is 5.32 Å². The van der Waals surface area contributed by atoms with Crippen molar-refractivity contribution in [1.29, 1.82) is 0 Å². The fourth-order valence-electron chi connectivity index (χ4n) is 2.42. The third-order valence-electron chi connectivity index (χ3n) is 3.04. The lowest BCUT2D eigenvalue weighted by atomic mass is 10.0. The van der Waals surface area contributed by atoms with Gasteiger partial charge in [0.25, 0.3) is 0 Å². The van der Waals surface area contributed by atoms with Crippen LogP contribution in [0.25, 0.3) is 0 Å². The molecule has 0 aromatic carbocycles. The molecule has 68 valence electrons. The molecule has 2 unspecified atom stereocenters. The number of likely N-dealkylation sites (tertiary alicyclic amines) is 1. The normalized spacial score (nSPS) is 35.8. The van der Waals surface area contributed by atoms with E-state index in [-0.39, 0.29) is 0 Å². The molecule has 0 spiro atoms. The first-order chi connectivity index (χ1) is 5.92. The van der Waals surface area contributed by atoms with Gasteiger partial charge in [0.15, 0.2) is 0 Å². The Morgan fingerprint density at radius 2 is 2.25 bits per heavy atom. The van der Waals surface area contributed by atoms with Crippen LogP contribution in [0.4, 0.5) is 0 Å². The minimum atomic E-state index is 0.491. The molecule has 2 saturated heterocycles. The first kappa shape index (κ1) is 8.05. The molecule has 0 aliphatic carbocycles. The molecule has 2 rings (SSSR count). The Bertz CT molecular complexity index is 166. The number of amides is 1. The quantitative estimate of drug-likeness (QED) is 0.604. The van der Waals surface area contributed by atoms with Crippen molar-refractivity contribution in [3.8, 4) is 0 Å². The minimum absolute atomic E-state index is 0.491. The fourth-order valence-corrected chi connectivity index (χ4v) is 2.42. The second kappa shape index (κ2) is 3.44. The van der Waals surface area contributed by atoms with E-state index in [0.717, 1.165) is 19.5 Å². The van der Waals surface area contributed by atoms with Gasteiger partial charge in [0.2, 0.25) is 6.41 Å². The maximum Gasteiger partial charge on any atom is 0.210 e. The monoisotopic (exact) mass is 168 g/mol. The third-order valence-corrected chi connectivity index (χ3v) is 3.04. The summed E-state index contributed by atoms with van der Waals surface area (Å²) in [5, 5.41) is 3.46. The first-order valence-corrected chi connectivity index (χ1v) is 4.86. The van der Waals surface area contributed by atoms with Gasteiger partial charge in [-0.15, -0.1) is 0 Å². The van der Waals surface area contributed by atoms with E-state index in [9.17, 15) is 4.79 Å². The van der Waals surface area contributed by atoms with Crippen LogP contribution in [0.1, 0.15) is 25.7 Å². The van der Waals surface area contributed by atoms with Crippen molar-refractivity contribution in [2.75, 3.05) is 13.1 Å². The van der Waals surface area contributed by atoms with Crippen molar-refractivity contribution in [3.63, 3.8) is 0 Å². The van der Waals surface area contributed by atoms with Crippen molar-refractivity contribution in [3.05, 3.63) is 0 Å². The van der Waals surface area contributed by atoms with E-state index in [1.165, 1.54) is 25.7 Å². The van der Waals surface area contributed by atoms with Gasteiger partial charge in [-0.05, 0) is 32.2 Å². The number of carbonyl (C=O) groups is 1. The van der Waals surface area contributed by atoms with Gasteiger partial charge in [0.1, 0.15) is 0 Å². The fraction of sp³-hybridized carbons (Fsp3) is 0.889. The van der Waals surface area contributed by atoms with Crippen LogP contribution in [-0.2, 0) is 4.79 Å². The molecular formula is C9H16N2O. The van der Waals surface area contributed by atoms with Gasteiger partial charge < -0.3 is 10.2 Å². The van der Waals surface area contributed by atoms with Crippen molar-refractivity contribution in [2.45, 2.75) is 37.8 Å². The lowest BCUT2D eigenvalue weighted by Gasteiger charge is -2.25. The molecule has 3 heteroatoms. The van der Waals surface area contributed by atoms with Crippen LogP contribution in [0, 0.1) is 0 Å². The number of nitrogens with zero attached hydrogens (tertiary/aromatic N) is 1. The Labute approximate surface area is 73.1 Å². The molecule has 1 amide bonds. The van der Waals surface area contributed by atoms with Crippen molar-refractivity contribution in [2.24, 2.45) is 0 Å². The van der Waals surface area contributed by atoms with Crippen molar-refractivity contribution < 1.29 is 4.79 Å². The maximum atomic E-state index is 10.7. The summed E-state index contributed by atoms with van der Waals surface area (Å²) < 4.78 is 0. The average Bonchev–Trinajstić information content (AvgIpc) is 2.74. The zero-order valence-electron chi connectivity index (χ0n) is 7.33. The number of rotatable bonds is 2. The highest BCUT2D eigenvalue weighted by molar-refractivity contribution is 5.48. The second-order valence-electron chi connectivity index (χ2n) is 3.76. The van der Waals surface area contributed by atoms with Crippen LogP contribution in [-0.4, -0.2) is 36.5 Å². The molecule has 0 aromatic heterocycles. The molecule has 2 fully saturated rings. The van der Waals surface area contributed by atoms with E-state index in [1.54, 1.807) is 0 Å². The summed E-state index contributed by atoms with van der Waals surface area (Å²) in [6.07, 6.45) is 5.90. The molecule has 2 atom stereocenters. The smallest absolute Gasteiger partial charge is 0.210 e. The van der Waals surface area contributed by atoms with E-state index in [0.29, 0.717) is 12.1 Å². The molecule has 0 radical (unpaired) electrons. The van der Waals surface area contributed by atoms with Gasteiger partial charge in [-0.3, -0.25) is 4.79 Å². The van der Waals surface area contributed by atoms with Gasteiger partial charge >= 0.3 is 0 Å². The molecule has 3 nitrogen and oxygen atoms in total. The lowest BCUT2D eigenvalue weighted by Crippen LogP contribution is -2.43. The Balaban J connectivity index is 1.96. The van der Waals surface area contributed by atoms with Gasteiger partial charge in [-0.25, -0.2) is 0 Å². The largest absolute Gasteiger partial charge is 0.341 e. The Kier molecular flexibility index (Phi) is 2.30. The number of nitrogens with one attached hydrogen (secondary N) is 1. The molecule has 2 heterocycles. The predicted molar refractivity (Wildman–Crippen MR) is 46.8 cm³/mol. The summed E-state index contributed by atoms with van der Waals surface area (Å²) in [5.41, 5.74) is 0. The molecule has 2 aliphatic heterocycles.